The molecule has 2 atom stereocenters. The van der Waals surface area contributed by atoms with Crippen molar-refractivity contribution in [3.63, 3.8) is 0 Å². The van der Waals surface area contributed by atoms with Gasteiger partial charge in [-0.2, -0.15) is 4.98 Å². The van der Waals surface area contributed by atoms with Crippen LogP contribution in [0.4, 0.5) is 5.95 Å². The molecule has 9 heteroatoms. The maximum Gasteiger partial charge on any atom is 0.332 e. The van der Waals surface area contributed by atoms with Gasteiger partial charge in [-0.1, -0.05) is 24.6 Å². The quantitative estimate of drug-likeness (QED) is 0.576. The van der Waals surface area contributed by atoms with E-state index >= 15 is 0 Å². The second kappa shape index (κ2) is 8.74. The van der Waals surface area contributed by atoms with Crippen LogP contribution in [0.25, 0.3) is 11.2 Å². The Morgan fingerprint density at radius 2 is 1.83 bits per heavy atom. The third-order valence-electron chi connectivity index (χ3n) is 5.19. The van der Waals surface area contributed by atoms with E-state index in [4.69, 9.17) is 4.74 Å². The van der Waals surface area contributed by atoms with Gasteiger partial charge in [0.05, 0.1) is 6.54 Å². The van der Waals surface area contributed by atoms with E-state index in [9.17, 15) is 14.7 Å². The molecule has 0 fully saturated rings. The standard InChI is InChI=1S/C21H29N5O4/c1-6-14(3)22-20-23-18-17(19(28)25(5)21(29)24(18)4)26(20)11-15(27)12-30-16-9-7-13(2)8-10-16/h7-10,14-15,27H,6,11-12H2,1-5H3,(H,22,23). The largest absolute Gasteiger partial charge is 0.491 e. The average Bonchev–Trinajstić information content (AvgIpc) is 3.08. The minimum absolute atomic E-state index is 0.0532. The number of benzene rings is 1. The molecule has 30 heavy (non-hydrogen) atoms. The second-order valence-electron chi connectivity index (χ2n) is 7.66. The van der Waals surface area contributed by atoms with E-state index in [0.29, 0.717) is 11.7 Å². The van der Waals surface area contributed by atoms with Crippen LogP contribution in [0.15, 0.2) is 33.9 Å². The van der Waals surface area contributed by atoms with Crippen LogP contribution in [-0.2, 0) is 20.6 Å². The molecule has 0 saturated heterocycles. The number of fused-ring (bicyclic) bond motifs is 1. The van der Waals surface area contributed by atoms with Crippen LogP contribution in [0.3, 0.4) is 0 Å². The summed E-state index contributed by atoms with van der Waals surface area (Å²) in [6, 6.07) is 7.65. The van der Waals surface area contributed by atoms with Gasteiger partial charge in [0.15, 0.2) is 11.2 Å². The number of hydrogen-bond acceptors (Lipinski definition) is 6. The van der Waals surface area contributed by atoms with Gasteiger partial charge in [0.1, 0.15) is 18.5 Å². The predicted octanol–water partition coefficient (Wildman–Crippen LogP) is 1.39. The molecule has 0 radical (unpaired) electrons. The molecule has 1 aromatic carbocycles. The zero-order valence-electron chi connectivity index (χ0n) is 18.0. The van der Waals surface area contributed by atoms with Crippen LogP contribution in [-0.4, -0.2) is 42.5 Å². The number of nitrogens with zero attached hydrogens (tertiary/aromatic N) is 4. The van der Waals surface area contributed by atoms with Gasteiger partial charge in [-0.15, -0.1) is 0 Å². The molecule has 0 aliphatic heterocycles. The van der Waals surface area contributed by atoms with Crippen LogP contribution in [0.5, 0.6) is 5.75 Å². The van der Waals surface area contributed by atoms with E-state index in [1.54, 1.807) is 11.6 Å². The number of anilines is 1. The highest BCUT2D eigenvalue weighted by Gasteiger charge is 2.22. The van der Waals surface area contributed by atoms with Crippen molar-refractivity contribution in [3.8, 4) is 5.75 Å². The fourth-order valence-electron chi connectivity index (χ4n) is 3.15. The number of aryl methyl sites for hydroxylation is 2. The van der Waals surface area contributed by atoms with Crippen molar-refractivity contribution < 1.29 is 9.84 Å². The fraction of sp³-hybridized carbons (Fsp3) is 0.476. The van der Waals surface area contributed by atoms with E-state index in [1.165, 1.54) is 11.6 Å². The van der Waals surface area contributed by atoms with Crippen molar-refractivity contribution in [2.45, 2.75) is 45.9 Å². The van der Waals surface area contributed by atoms with E-state index in [1.807, 2.05) is 45.0 Å². The average molecular weight is 415 g/mol. The lowest BCUT2D eigenvalue weighted by Crippen LogP contribution is -2.38. The van der Waals surface area contributed by atoms with Crippen molar-refractivity contribution >= 4 is 17.1 Å². The molecule has 162 valence electrons. The third kappa shape index (κ3) is 4.25. The van der Waals surface area contributed by atoms with Crippen LogP contribution in [0, 0.1) is 6.92 Å². The molecular formula is C21H29N5O4. The molecule has 0 saturated carbocycles. The number of hydrogen-bond donors (Lipinski definition) is 2. The van der Waals surface area contributed by atoms with Gasteiger partial charge in [-0.3, -0.25) is 13.9 Å². The first kappa shape index (κ1) is 21.6. The lowest BCUT2D eigenvalue weighted by Gasteiger charge is -2.18. The summed E-state index contributed by atoms with van der Waals surface area (Å²) in [7, 11) is 3.01. The Balaban J connectivity index is 1.95. The Labute approximate surface area is 174 Å². The lowest BCUT2D eigenvalue weighted by atomic mass is 10.2. The summed E-state index contributed by atoms with van der Waals surface area (Å²) in [5, 5.41) is 13.9. The molecule has 9 nitrogen and oxygen atoms in total. The normalized spacial score (nSPS) is 13.4. The van der Waals surface area contributed by atoms with Crippen molar-refractivity contribution in [2.75, 3.05) is 11.9 Å². The SMILES string of the molecule is CCC(C)Nc1nc2c(c(=O)n(C)c(=O)n2C)n1CC(O)COc1ccc(C)cc1. The Morgan fingerprint density at radius 3 is 2.47 bits per heavy atom. The highest BCUT2D eigenvalue weighted by atomic mass is 16.5. The van der Waals surface area contributed by atoms with Gasteiger partial charge in [-0.25, -0.2) is 4.79 Å². The molecule has 2 N–H and O–H groups in total. The molecule has 0 aliphatic carbocycles. The monoisotopic (exact) mass is 415 g/mol. The van der Waals surface area contributed by atoms with Crippen LogP contribution < -0.4 is 21.3 Å². The summed E-state index contributed by atoms with van der Waals surface area (Å²) in [6.45, 7) is 6.16. The first-order valence-corrected chi connectivity index (χ1v) is 10.0. The number of ether oxygens (including phenoxy) is 1. The van der Waals surface area contributed by atoms with Crippen molar-refractivity contribution in [2.24, 2.45) is 14.1 Å². The zero-order valence-corrected chi connectivity index (χ0v) is 18.0. The predicted molar refractivity (Wildman–Crippen MR) is 116 cm³/mol. The Morgan fingerprint density at radius 1 is 1.17 bits per heavy atom. The van der Waals surface area contributed by atoms with Gasteiger partial charge in [0.25, 0.3) is 5.56 Å². The minimum Gasteiger partial charge on any atom is -0.491 e. The van der Waals surface area contributed by atoms with E-state index in [0.717, 1.165) is 16.6 Å². The van der Waals surface area contributed by atoms with Crippen LogP contribution in [0.2, 0.25) is 0 Å². The summed E-state index contributed by atoms with van der Waals surface area (Å²) in [4.78, 5) is 29.6. The second-order valence-corrected chi connectivity index (χ2v) is 7.66. The highest BCUT2D eigenvalue weighted by molar-refractivity contribution is 5.74. The number of aliphatic hydroxyl groups is 1. The maximum atomic E-state index is 12.8. The third-order valence-corrected chi connectivity index (χ3v) is 5.19. The van der Waals surface area contributed by atoms with Crippen LogP contribution >= 0.6 is 0 Å². The molecule has 2 aromatic heterocycles. The van der Waals surface area contributed by atoms with E-state index in [2.05, 4.69) is 10.3 Å². The molecule has 3 rings (SSSR count). The van der Waals surface area contributed by atoms with Crippen LogP contribution in [0.1, 0.15) is 25.8 Å². The summed E-state index contributed by atoms with van der Waals surface area (Å²) in [5.41, 5.74) is 0.760. The van der Waals surface area contributed by atoms with Gasteiger partial charge >= 0.3 is 5.69 Å². The first-order chi connectivity index (χ1) is 14.2. The zero-order chi connectivity index (χ0) is 22.0. The van der Waals surface area contributed by atoms with Crippen molar-refractivity contribution in [3.05, 3.63) is 50.7 Å². The minimum atomic E-state index is -0.886. The van der Waals surface area contributed by atoms with Gasteiger partial charge in [0.2, 0.25) is 5.95 Å². The molecule has 3 aromatic rings. The number of nitrogens with one attached hydrogen (secondary N) is 1. The van der Waals surface area contributed by atoms with E-state index < -0.39 is 17.4 Å². The molecule has 0 aliphatic rings. The number of imidazole rings is 1. The van der Waals surface area contributed by atoms with Gasteiger partial charge in [-0.05, 0) is 32.4 Å². The van der Waals surface area contributed by atoms with Gasteiger partial charge < -0.3 is 19.7 Å². The molecular weight excluding hydrogens is 386 g/mol. The maximum absolute atomic E-state index is 12.8. The first-order valence-electron chi connectivity index (χ1n) is 10.0. The Hall–Kier alpha value is -3.07. The van der Waals surface area contributed by atoms with Crippen molar-refractivity contribution in [1.29, 1.82) is 0 Å². The molecule has 2 heterocycles. The summed E-state index contributed by atoms with van der Waals surface area (Å²) in [6.07, 6.45) is -0.0395. The summed E-state index contributed by atoms with van der Waals surface area (Å²) < 4.78 is 9.69. The summed E-state index contributed by atoms with van der Waals surface area (Å²) >= 11 is 0. The number of rotatable bonds is 8. The molecule has 2 unspecified atom stereocenters. The molecule has 0 spiro atoms. The summed E-state index contributed by atoms with van der Waals surface area (Å²) in [5.74, 6) is 1.10. The molecule has 0 amide bonds. The number of aliphatic hydroxyl groups excluding tert-OH is 1. The van der Waals surface area contributed by atoms with E-state index in [-0.39, 0.29) is 30.4 Å². The Kier molecular flexibility index (Phi) is 6.31. The smallest absolute Gasteiger partial charge is 0.332 e. The topological polar surface area (TPSA) is 103 Å². The number of aromatic nitrogens is 4. The fourth-order valence-corrected chi connectivity index (χ4v) is 3.15. The lowest BCUT2D eigenvalue weighted by molar-refractivity contribution is 0.0938. The Bertz CT molecular complexity index is 1140. The van der Waals surface area contributed by atoms with Crippen molar-refractivity contribution in [1.82, 2.24) is 18.7 Å². The molecule has 0 bridgehead atoms. The highest BCUT2D eigenvalue weighted by Crippen LogP contribution is 2.18. The van der Waals surface area contributed by atoms with Gasteiger partial charge in [0, 0.05) is 20.1 Å².